The molecule has 6 aromatic rings. The van der Waals surface area contributed by atoms with E-state index >= 15 is 0 Å². The summed E-state index contributed by atoms with van der Waals surface area (Å²) in [6.07, 6.45) is 3.81. The van der Waals surface area contributed by atoms with E-state index in [0.29, 0.717) is 0 Å². The van der Waals surface area contributed by atoms with Crippen molar-refractivity contribution in [3.63, 3.8) is 0 Å². The molecule has 1 unspecified atom stereocenters. The first-order chi connectivity index (χ1) is 20.2. The molecule has 1 aliphatic carbocycles. The molecule has 0 fully saturated rings. The predicted octanol–water partition coefficient (Wildman–Crippen LogP) is 9.01. The SMILES string of the molecule is C=Cc1ccc(C2(c3ccc4cc(OCCO)ccc4c3)c3ccccc3-c3cc4ccccc4cc32)cc1C=C. The van der Waals surface area contributed by atoms with Crippen LogP contribution in [0.3, 0.4) is 0 Å². The van der Waals surface area contributed by atoms with Crippen molar-refractivity contribution in [1.29, 1.82) is 0 Å². The molecule has 0 saturated heterocycles. The average molecular weight is 531 g/mol. The van der Waals surface area contributed by atoms with Crippen LogP contribution in [0.25, 0.3) is 44.8 Å². The normalized spacial score (nSPS) is 15.4. The number of hydrogen-bond acceptors (Lipinski definition) is 2. The molecule has 6 aromatic carbocycles. The van der Waals surface area contributed by atoms with Gasteiger partial charge < -0.3 is 9.84 Å². The Morgan fingerprint density at radius 3 is 2.05 bits per heavy atom. The first kappa shape index (κ1) is 25.1. The molecule has 0 heterocycles. The van der Waals surface area contributed by atoms with E-state index in [1.165, 1.54) is 44.2 Å². The lowest BCUT2D eigenvalue weighted by Gasteiger charge is -2.34. The van der Waals surface area contributed by atoms with Gasteiger partial charge in [-0.3, -0.25) is 0 Å². The summed E-state index contributed by atoms with van der Waals surface area (Å²) in [5.74, 6) is 0.757. The van der Waals surface area contributed by atoms with Crippen LogP contribution in [-0.4, -0.2) is 18.3 Å². The van der Waals surface area contributed by atoms with Crippen molar-refractivity contribution >= 4 is 33.7 Å². The van der Waals surface area contributed by atoms with E-state index in [0.717, 1.165) is 27.6 Å². The summed E-state index contributed by atoms with van der Waals surface area (Å²) < 4.78 is 5.70. The summed E-state index contributed by atoms with van der Waals surface area (Å²) >= 11 is 0. The Kier molecular flexibility index (Phi) is 6.07. The largest absolute Gasteiger partial charge is 0.491 e. The van der Waals surface area contributed by atoms with Crippen LogP contribution in [0, 0.1) is 0 Å². The molecule has 198 valence electrons. The zero-order valence-corrected chi connectivity index (χ0v) is 22.8. The summed E-state index contributed by atoms with van der Waals surface area (Å²) in [6, 6.07) is 41.8. The standard InChI is InChI=1S/C39H30O2/c1-3-26-13-16-32(21-27(26)4-2)39(33-17-14-31-23-34(41-20-19-40)18-15-30(31)22-33)37-12-8-7-11-35(37)36-24-28-9-5-6-10-29(28)25-38(36)39/h3-18,21-25,40H,1-2,19-20H2. The number of rotatable bonds is 7. The van der Waals surface area contributed by atoms with Crippen LogP contribution in [0.4, 0.5) is 0 Å². The molecule has 1 aliphatic rings. The van der Waals surface area contributed by atoms with Crippen molar-refractivity contribution in [2.45, 2.75) is 5.41 Å². The Bertz CT molecular complexity index is 1980. The molecule has 1 atom stereocenters. The highest BCUT2D eigenvalue weighted by Gasteiger charge is 2.46. The van der Waals surface area contributed by atoms with Crippen LogP contribution < -0.4 is 4.74 Å². The first-order valence-electron chi connectivity index (χ1n) is 14.0. The van der Waals surface area contributed by atoms with Gasteiger partial charge >= 0.3 is 0 Å². The maximum atomic E-state index is 9.20. The Morgan fingerprint density at radius 2 is 1.24 bits per heavy atom. The lowest BCUT2D eigenvalue weighted by atomic mass is 9.67. The molecule has 0 radical (unpaired) electrons. The summed E-state index contributed by atoms with van der Waals surface area (Å²) in [4.78, 5) is 0. The van der Waals surface area contributed by atoms with Crippen molar-refractivity contribution in [1.82, 2.24) is 0 Å². The quantitative estimate of drug-likeness (QED) is 0.223. The molecule has 0 aromatic heterocycles. The van der Waals surface area contributed by atoms with E-state index in [-0.39, 0.29) is 13.2 Å². The van der Waals surface area contributed by atoms with Gasteiger partial charge in [0.05, 0.1) is 12.0 Å². The average Bonchev–Trinajstić information content (AvgIpc) is 3.32. The third kappa shape index (κ3) is 3.83. The Hall–Kier alpha value is -4.92. The zero-order valence-electron chi connectivity index (χ0n) is 22.8. The lowest BCUT2D eigenvalue weighted by Crippen LogP contribution is -2.28. The van der Waals surface area contributed by atoms with Crippen molar-refractivity contribution in [3.8, 4) is 16.9 Å². The fraction of sp³-hybridized carbons (Fsp3) is 0.0769. The first-order valence-corrected chi connectivity index (χ1v) is 14.0. The van der Waals surface area contributed by atoms with Gasteiger partial charge in [0.2, 0.25) is 0 Å². The second-order valence-corrected chi connectivity index (χ2v) is 10.6. The van der Waals surface area contributed by atoms with Crippen molar-refractivity contribution in [3.05, 3.63) is 162 Å². The van der Waals surface area contributed by atoms with Crippen molar-refractivity contribution in [2.75, 3.05) is 13.2 Å². The molecule has 0 saturated carbocycles. The van der Waals surface area contributed by atoms with Crippen LogP contribution in [-0.2, 0) is 5.41 Å². The molecule has 7 rings (SSSR count). The van der Waals surface area contributed by atoms with Crippen molar-refractivity contribution < 1.29 is 9.84 Å². The van der Waals surface area contributed by atoms with Gasteiger partial charge in [-0.1, -0.05) is 104 Å². The molecule has 2 heteroatoms. The number of benzene rings is 6. The van der Waals surface area contributed by atoms with E-state index in [1.54, 1.807) is 0 Å². The zero-order chi connectivity index (χ0) is 28.0. The smallest absolute Gasteiger partial charge is 0.120 e. The third-order valence-corrected chi connectivity index (χ3v) is 8.48. The van der Waals surface area contributed by atoms with Gasteiger partial charge in [0.25, 0.3) is 0 Å². The second kappa shape index (κ2) is 9.92. The minimum Gasteiger partial charge on any atom is -0.491 e. The summed E-state index contributed by atoms with van der Waals surface area (Å²) in [5.41, 5.74) is 9.07. The monoisotopic (exact) mass is 530 g/mol. The minimum atomic E-state index is -0.534. The molecule has 0 amide bonds. The number of ether oxygens (including phenoxy) is 1. The van der Waals surface area contributed by atoms with Crippen LogP contribution in [0.2, 0.25) is 0 Å². The van der Waals surface area contributed by atoms with Gasteiger partial charge in [-0.05, 0) is 102 Å². The van der Waals surface area contributed by atoms with Gasteiger partial charge in [-0.25, -0.2) is 0 Å². The molecule has 1 N–H and O–H groups in total. The highest BCUT2D eigenvalue weighted by atomic mass is 16.5. The minimum absolute atomic E-state index is 0.00959. The van der Waals surface area contributed by atoms with Crippen LogP contribution in [0.15, 0.2) is 128 Å². The maximum Gasteiger partial charge on any atom is 0.120 e. The third-order valence-electron chi connectivity index (χ3n) is 8.48. The fourth-order valence-corrected chi connectivity index (χ4v) is 6.63. The number of fused-ring (bicyclic) bond motifs is 5. The highest BCUT2D eigenvalue weighted by molar-refractivity contribution is 5.96. The van der Waals surface area contributed by atoms with E-state index in [2.05, 4.69) is 116 Å². The van der Waals surface area contributed by atoms with Gasteiger partial charge in [-0.15, -0.1) is 0 Å². The second-order valence-electron chi connectivity index (χ2n) is 10.6. The van der Waals surface area contributed by atoms with E-state index in [9.17, 15) is 5.11 Å². The van der Waals surface area contributed by atoms with E-state index in [4.69, 9.17) is 4.74 Å². The highest BCUT2D eigenvalue weighted by Crippen LogP contribution is 2.57. The number of aliphatic hydroxyl groups excluding tert-OH is 1. The molecular formula is C39H30O2. The van der Waals surface area contributed by atoms with Crippen LogP contribution >= 0.6 is 0 Å². The molecule has 0 spiro atoms. The Balaban J connectivity index is 1.58. The topological polar surface area (TPSA) is 29.5 Å². The summed E-state index contributed by atoms with van der Waals surface area (Å²) in [6.45, 7) is 8.43. The fourth-order valence-electron chi connectivity index (χ4n) is 6.63. The predicted molar refractivity (Wildman–Crippen MR) is 172 cm³/mol. The van der Waals surface area contributed by atoms with E-state index < -0.39 is 5.41 Å². The van der Waals surface area contributed by atoms with Crippen molar-refractivity contribution in [2.24, 2.45) is 0 Å². The lowest BCUT2D eigenvalue weighted by molar-refractivity contribution is 0.201. The van der Waals surface area contributed by atoms with Gasteiger partial charge in [-0.2, -0.15) is 0 Å². The summed E-state index contributed by atoms with van der Waals surface area (Å²) in [7, 11) is 0. The van der Waals surface area contributed by atoms with E-state index in [1.807, 2.05) is 24.3 Å². The molecule has 2 nitrogen and oxygen atoms in total. The molecule has 0 aliphatic heterocycles. The summed E-state index contributed by atoms with van der Waals surface area (Å²) in [5, 5.41) is 13.9. The van der Waals surface area contributed by atoms with Crippen LogP contribution in [0.1, 0.15) is 33.4 Å². The van der Waals surface area contributed by atoms with Crippen LogP contribution in [0.5, 0.6) is 5.75 Å². The maximum absolute atomic E-state index is 9.20. The van der Waals surface area contributed by atoms with Gasteiger partial charge in [0.15, 0.2) is 0 Å². The van der Waals surface area contributed by atoms with Gasteiger partial charge in [0.1, 0.15) is 12.4 Å². The number of aliphatic hydroxyl groups is 1. The Morgan fingerprint density at radius 1 is 0.585 bits per heavy atom. The number of hydrogen-bond donors (Lipinski definition) is 1. The van der Waals surface area contributed by atoms with Gasteiger partial charge in [0, 0.05) is 0 Å². The molecule has 41 heavy (non-hydrogen) atoms. The Labute approximate surface area is 240 Å². The molecular weight excluding hydrogens is 500 g/mol. The molecule has 0 bridgehead atoms.